The molecule has 30 heavy (non-hydrogen) atoms. The summed E-state index contributed by atoms with van der Waals surface area (Å²) in [6.45, 7) is 2.03. The molecule has 1 amide bonds. The van der Waals surface area contributed by atoms with Gasteiger partial charge in [-0.1, -0.05) is 35.9 Å². The van der Waals surface area contributed by atoms with Gasteiger partial charge in [0.1, 0.15) is 5.82 Å². The average molecular weight is 439 g/mol. The van der Waals surface area contributed by atoms with E-state index in [2.05, 4.69) is 15.3 Å². The van der Waals surface area contributed by atoms with E-state index in [0.717, 1.165) is 10.4 Å². The summed E-state index contributed by atoms with van der Waals surface area (Å²) >= 11 is 7.45. The number of amides is 1. The smallest absolute Gasteiger partial charge is 0.261 e. The van der Waals surface area contributed by atoms with Gasteiger partial charge in [0.05, 0.1) is 10.9 Å². The molecule has 0 fully saturated rings. The first-order valence-corrected chi connectivity index (χ1v) is 10.6. The zero-order valence-electron chi connectivity index (χ0n) is 16.3. The Labute approximate surface area is 182 Å². The number of benzene rings is 2. The van der Waals surface area contributed by atoms with Gasteiger partial charge >= 0.3 is 0 Å². The molecule has 6 nitrogen and oxygen atoms in total. The predicted octanol–water partition coefficient (Wildman–Crippen LogP) is 4.43. The molecule has 0 bridgehead atoms. The van der Waals surface area contributed by atoms with Crippen LogP contribution in [0.15, 0.2) is 59.5 Å². The summed E-state index contributed by atoms with van der Waals surface area (Å²) in [5.41, 5.74) is 1.61. The minimum atomic E-state index is -0.196. The first-order valence-electron chi connectivity index (χ1n) is 9.45. The van der Waals surface area contributed by atoms with Crippen LogP contribution < -0.4 is 10.9 Å². The molecule has 0 saturated carbocycles. The van der Waals surface area contributed by atoms with Crippen molar-refractivity contribution in [3.05, 3.63) is 86.4 Å². The number of rotatable bonds is 6. The monoisotopic (exact) mass is 438 g/mol. The van der Waals surface area contributed by atoms with Gasteiger partial charge < -0.3 is 5.32 Å². The number of halogens is 1. The van der Waals surface area contributed by atoms with Gasteiger partial charge in [0.25, 0.3) is 5.56 Å². The molecule has 4 aromatic rings. The highest BCUT2D eigenvalue weighted by atomic mass is 35.5. The van der Waals surface area contributed by atoms with E-state index in [-0.39, 0.29) is 24.4 Å². The van der Waals surface area contributed by atoms with Crippen LogP contribution in [-0.2, 0) is 17.8 Å². The van der Waals surface area contributed by atoms with E-state index >= 15 is 0 Å². The maximum atomic E-state index is 12.7. The number of nitrogens with one attached hydrogen (secondary N) is 1. The Morgan fingerprint density at radius 1 is 1.20 bits per heavy atom. The molecular weight excluding hydrogens is 420 g/mol. The first kappa shape index (κ1) is 20.3. The van der Waals surface area contributed by atoms with Crippen LogP contribution in [-0.4, -0.2) is 20.4 Å². The molecule has 152 valence electrons. The minimum Gasteiger partial charge on any atom is -0.302 e. The van der Waals surface area contributed by atoms with Crippen molar-refractivity contribution in [1.82, 2.24) is 14.5 Å². The standard InChI is InChI=1S/C22H19ClN4O2S/c1-14-25-19-8-3-2-7-18(19)21(29)27(14)10-9-20(28)26-22-24-13-17(30-22)12-15-5-4-6-16(23)11-15/h2-8,11,13H,9-10,12H2,1H3,(H,24,26,28). The summed E-state index contributed by atoms with van der Waals surface area (Å²) in [6, 6.07) is 14.9. The predicted molar refractivity (Wildman–Crippen MR) is 120 cm³/mol. The van der Waals surface area contributed by atoms with Crippen LogP contribution in [0.3, 0.4) is 0 Å². The van der Waals surface area contributed by atoms with E-state index in [1.54, 1.807) is 25.3 Å². The summed E-state index contributed by atoms with van der Waals surface area (Å²) in [7, 11) is 0. The Bertz CT molecular complexity index is 1280. The fraction of sp³-hybridized carbons (Fsp3) is 0.182. The van der Waals surface area contributed by atoms with Crippen molar-refractivity contribution in [2.45, 2.75) is 26.3 Å². The summed E-state index contributed by atoms with van der Waals surface area (Å²) in [5.74, 6) is 0.391. The van der Waals surface area contributed by atoms with Gasteiger partial charge in [0, 0.05) is 35.5 Å². The molecule has 4 rings (SSSR count). The van der Waals surface area contributed by atoms with Crippen LogP contribution >= 0.6 is 22.9 Å². The number of hydrogen-bond donors (Lipinski definition) is 1. The lowest BCUT2D eigenvalue weighted by molar-refractivity contribution is -0.116. The van der Waals surface area contributed by atoms with Crippen LogP contribution in [0.4, 0.5) is 5.13 Å². The van der Waals surface area contributed by atoms with Gasteiger partial charge in [-0.3, -0.25) is 14.2 Å². The second-order valence-electron chi connectivity index (χ2n) is 6.87. The van der Waals surface area contributed by atoms with Crippen molar-refractivity contribution >= 4 is 44.9 Å². The lowest BCUT2D eigenvalue weighted by atomic mass is 10.1. The van der Waals surface area contributed by atoms with Gasteiger partial charge in [-0.25, -0.2) is 9.97 Å². The molecule has 0 unspecified atom stereocenters. The topological polar surface area (TPSA) is 76.9 Å². The summed E-state index contributed by atoms with van der Waals surface area (Å²) < 4.78 is 1.54. The van der Waals surface area contributed by atoms with E-state index in [9.17, 15) is 9.59 Å². The highest BCUT2D eigenvalue weighted by molar-refractivity contribution is 7.15. The van der Waals surface area contributed by atoms with Crippen molar-refractivity contribution < 1.29 is 4.79 Å². The molecule has 0 aliphatic rings. The molecule has 2 aromatic heterocycles. The Kier molecular flexibility index (Phi) is 5.92. The fourth-order valence-corrected chi connectivity index (χ4v) is 4.31. The number of carbonyl (C=O) groups is 1. The molecule has 0 aliphatic carbocycles. The van der Waals surface area contributed by atoms with Crippen LogP contribution in [0.25, 0.3) is 10.9 Å². The first-order chi connectivity index (χ1) is 14.5. The number of thiazole rings is 1. The number of aryl methyl sites for hydroxylation is 1. The maximum Gasteiger partial charge on any atom is 0.261 e. The summed E-state index contributed by atoms with van der Waals surface area (Å²) in [4.78, 5) is 34.8. The van der Waals surface area contributed by atoms with E-state index in [1.807, 2.05) is 36.4 Å². The van der Waals surface area contributed by atoms with Crippen molar-refractivity contribution in [2.75, 3.05) is 5.32 Å². The number of aromatic nitrogens is 3. The second-order valence-corrected chi connectivity index (χ2v) is 8.42. The van der Waals surface area contributed by atoms with Crippen molar-refractivity contribution in [3.8, 4) is 0 Å². The normalized spacial score (nSPS) is 11.0. The molecule has 0 saturated heterocycles. The van der Waals surface area contributed by atoms with Crippen LogP contribution in [0.5, 0.6) is 0 Å². The van der Waals surface area contributed by atoms with Crippen LogP contribution in [0, 0.1) is 6.92 Å². The van der Waals surface area contributed by atoms with E-state index in [1.165, 1.54) is 15.9 Å². The largest absolute Gasteiger partial charge is 0.302 e. The number of carbonyl (C=O) groups excluding carboxylic acids is 1. The number of hydrogen-bond acceptors (Lipinski definition) is 5. The molecule has 2 heterocycles. The summed E-state index contributed by atoms with van der Waals surface area (Å²) in [5, 5.41) is 4.60. The third kappa shape index (κ3) is 4.58. The third-order valence-corrected chi connectivity index (χ3v) is 5.83. The lowest BCUT2D eigenvalue weighted by Crippen LogP contribution is -2.26. The quantitative estimate of drug-likeness (QED) is 0.483. The Hall–Kier alpha value is -3.03. The number of nitrogens with zero attached hydrogens (tertiary/aromatic N) is 3. The molecule has 1 N–H and O–H groups in total. The Balaban J connectivity index is 1.39. The zero-order chi connectivity index (χ0) is 21.1. The zero-order valence-corrected chi connectivity index (χ0v) is 17.8. The van der Waals surface area contributed by atoms with Gasteiger partial charge in [-0.05, 0) is 36.8 Å². The summed E-state index contributed by atoms with van der Waals surface area (Å²) in [6.07, 6.45) is 2.61. The second kappa shape index (κ2) is 8.77. The lowest BCUT2D eigenvalue weighted by Gasteiger charge is -2.10. The highest BCUT2D eigenvalue weighted by Gasteiger charge is 2.11. The van der Waals surface area contributed by atoms with Crippen molar-refractivity contribution in [1.29, 1.82) is 0 Å². The van der Waals surface area contributed by atoms with Crippen molar-refractivity contribution in [2.24, 2.45) is 0 Å². The fourth-order valence-electron chi connectivity index (χ4n) is 3.23. The van der Waals surface area contributed by atoms with Gasteiger partial charge in [-0.15, -0.1) is 11.3 Å². The van der Waals surface area contributed by atoms with Crippen molar-refractivity contribution in [3.63, 3.8) is 0 Å². The molecule has 2 aromatic carbocycles. The number of para-hydroxylation sites is 1. The molecule has 0 aliphatic heterocycles. The van der Waals surface area contributed by atoms with Gasteiger partial charge in [0.15, 0.2) is 5.13 Å². The molecule has 0 atom stereocenters. The number of anilines is 1. The number of fused-ring (bicyclic) bond motifs is 1. The third-order valence-electron chi connectivity index (χ3n) is 4.68. The molecule has 0 spiro atoms. The Morgan fingerprint density at radius 3 is 2.87 bits per heavy atom. The van der Waals surface area contributed by atoms with Crippen LogP contribution in [0.2, 0.25) is 5.02 Å². The van der Waals surface area contributed by atoms with E-state index in [4.69, 9.17) is 11.6 Å². The average Bonchev–Trinajstić information content (AvgIpc) is 3.14. The van der Waals surface area contributed by atoms with Gasteiger partial charge in [0.2, 0.25) is 5.91 Å². The minimum absolute atomic E-state index is 0.135. The highest BCUT2D eigenvalue weighted by Crippen LogP contribution is 2.22. The van der Waals surface area contributed by atoms with E-state index < -0.39 is 0 Å². The maximum absolute atomic E-state index is 12.7. The van der Waals surface area contributed by atoms with E-state index in [0.29, 0.717) is 33.3 Å². The Morgan fingerprint density at radius 2 is 2.03 bits per heavy atom. The van der Waals surface area contributed by atoms with Crippen LogP contribution in [0.1, 0.15) is 22.7 Å². The van der Waals surface area contributed by atoms with Gasteiger partial charge in [-0.2, -0.15) is 0 Å². The molecular formula is C22H19ClN4O2S. The molecule has 8 heteroatoms. The SMILES string of the molecule is Cc1nc2ccccc2c(=O)n1CCC(=O)Nc1ncc(Cc2cccc(Cl)c2)s1. The molecule has 0 radical (unpaired) electrons.